The van der Waals surface area contributed by atoms with Crippen molar-refractivity contribution in [1.82, 2.24) is 4.90 Å². The van der Waals surface area contributed by atoms with Crippen LogP contribution in [0.3, 0.4) is 0 Å². The molecule has 3 heteroatoms. The standard InChI is InChI=1S/C14H27NO2/c1-5-17-13(16)12-6-9-15(10-7-12)11-8-14(2,3)4/h12H,5-11H2,1-4H3. The number of ether oxygens (including phenoxy) is 1. The molecule has 1 saturated heterocycles. The Balaban J connectivity index is 2.24. The van der Waals surface area contributed by atoms with Gasteiger partial charge in [-0.3, -0.25) is 4.79 Å². The first-order valence-corrected chi connectivity index (χ1v) is 6.81. The van der Waals surface area contributed by atoms with E-state index in [-0.39, 0.29) is 11.9 Å². The Hall–Kier alpha value is -0.570. The van der Waals surface area contributed by atoms with Crippen molar-refractivity contribution in [2.75, 3.05) is 26.2 Å². The van der Waals surface area contributed by atoms with Crippen molar-refractivity contribution in [2.45, 2.75) is 47.0 Å². The minimum Gasteiger partial charge on any atom is -0.466 e. The van der Waals surface area contributed by atoms with Crippen LogP contribution in [-0.2, 0) is 9.53 Å². The molecule has 0 amide bonds. The minimum atomic E-state index is 0.00275. The first kappa shape index (κ1) is 14.5. The summed E-state index contributed by atoms with van der Waals surface area (Å²) in [5, 5.41) is 0. The zero-order valence-corrected chi connectivity index (χ0v) is 11.8. The number of nitrogens with zero attached hydrogens (tertiary/aromatic N) is 1. The Kier molecular flexibility index (Phi) is 5.44. The third-order valence-corrected chi connectivity index (χ3v) is 3.39. The lowest BCUT2D eigenvalue weighted by molar-refractivity contribution is -0.149. The lowest BCUT2D eigenvalue weighted by Gasteiger charge is -2.32. The zero-order valence-electron chi connectivity index (χ0n) is 11.8. The molecule has 0 unspecified atom stereocenters. The summed E-state index contributed by atoms with van der Waals surface area (Å²) in [5.74, 6) is 0.142. The summed E-state index contributed by atoms with van der Waals surface area (Å²) in [7, 11) is 0. The number of rotatable bonds is 4. The first-order valence-electron chi connectivity index (χ1n) is 6.81. The molecule has 0 aromatic rings. The van der Waals surface area contributed by atoms with E-state index in [1.54, 1.807) is 0 Å². The third-order valence-electron chi connectivity index (χ3n) is 3.39. The van der Waals surface area contributed by atoms with E-state index in [0.29, 0.717) is 12.0 Å². The maximum atomic E-state index is 11.6. The molecule has 0 aromatic carbocycles. The van der Waals surface area contributed by atoms with Crippen molar-refractivity contribution in [1.29, 1.82) is 0 Å². The first-order chi connectivity index (χ1) is 7.92. The molecular weight excluding hydrogens is 214 g/mol. The quantitative estimate of drug-likeness (QED) is 0.709. The van der Waals surface area contributed by atoms with E-state index in [4.69, 9.17) is 4.74 Å². The molecule has 0 spiro atoms. The van der Waals surface area contributed by atoms with Gasteiger partial charge in [-0.25, -0.2) is 0 Å². The smallest absolute Gasteiger partial charge is 0.309 e. The van der Waals surface area contributed by atoms with E-state index in [1.807, 2.05) is 6.92 Å². The van der Waals surface area contributed by atoms with Crippen LogP contribution in [0, 0.1) is 11.3 Å². The summed E-state index contributed by atoms with van der Waals surface area (Å²) in [6, 6.07) is 0. The number of hydrogen-bond acceptors (Lipinski definition) is 3. The lowest BCUT2D eigenvalue weighted by Crippen LogP contribution is -2.38. The highest BCUT2D eigenvalue weighted by Gasteiger charge is 2.26. The van der Waals surface area contributed by atoms with Crippen molar-refractivity contribution < 1.29 is 9.53 Å². The van der Waals surface area contributed by atoms with Crippen molar-refractivity contribution in [3.8, 4) is 0 Å². The Morgan fingerprint density at radius 1 is 1.29 bits per heavy atom. The molecule has 0 aromatic heterocycles. The molecule has 17 heavy (non-hydrogen) atoms. The molecule has 0 N–H and O–H groups in total. The average Bonchev–Trinajstić information content (AvgIpc) is 2.26. The van der Waals surface area contributed by atoms with Crippen molar-refractivity contribution in [3.05, 3.63) is 0 Å². The second-order valence-corrected chi connectivity index (χ2v) is 6.18. The Labute approximate surface area is 106 Å². The van der Waals surface area contributed by atoms with Gasteiger partial charge in [0.25, 0.3) is 0 Å². The number of piperidine rings is 1. The highest BCUT2D eigenvalue weighted by atomic mass is 16.5. The molecule has 3 nitrogen and oxygen atoms in total. The van der Waals surface area contributed by atoms with Crippen molar-refractivity contribution in [3.63, 3.8) is 0 Å². The Morgan fingerprint density at radius 3 is 2.35 bits per heavy atom. The van der Waals surface area contributed by atoms with Gasteiger partial charge in [0.1, 0.15) is 0 Å². The summed E-state index contributed by atoms with van der Waals surface area (Å²) in [5.41, 5.74) is 0.401. The summed E-state index contributed by atoms with van der Waals surface area (Å²) in [4.78, 5) is 14.1. The predicted octanol–water partition coefficient (Wildman–Crippen LogP) is 2.70. The van der Waals surface area contributed by atoms with Crippen LogP contribution in [0.2, 0.25) is 0 Å². The van der Waals surface area contributed by atoms with Gasteiger partial charge in [0.15, 0.2) is 0 Å². The highest BCUT2D eigenvalue weighted by molar-refractivity contribution is 5.72. The van der Waals surface area contributed by atoms with Crippen LogP contribution in [0.4, 0.5) is 0 Å². The zero-order chi connectivity index (χ0) is 12.9. The SMILES string of the molecule is CCOC(=O)C1CCN(CCC(C)(C)C)CC1. The molecule has 0 radical (unpaired) electrons. The number of carbonyl (C=O) groups is 1. The molecular formula is C14H27NO2. The topological polar surface area (TPSA) is 29.5 Å². The predicted molar refractivity (Wildman–Crippen MR) is 69.9 cm³/mol. The molecule has 0 bridgehead atoms. The molecule has 1 fully saturated rings. The number of likely N-dealkylation sites (tertiary alicyclic amines) is 1. The Morgan fingerprint density at radius 2 is 1.88 bits per heavy atom. The van der Waals surface area contributed by atoms with Crippen LogP contribution in [-0.4, -0.2) is 37.1 Å². The van der Waals surface area contributed by atoms with Gasteiger partial charge in [-0.2, -0.15) is 0 Å². The van der Waals surface area contributed by atoms with Crippen molar-refractivity contribution in [2.24, 2.45) is 11.3 Å². The van der Waals surface area contributed by atoms with Gasteiger partial charge < -0.3 is 9.64 Å². The fourth-order valence-electron chi connectivity index (χ4n) is 2.15. The molecule has 0 aliphatic carbocycles. The second kappa shape index (κ2) is 6.39. The van der Waals surface area contributed by atoms with Gasteiger partial charge >= 0.3 is 5.97 Å². The fourth-order valence-corrected chi connectivity index (χ4v) is 2.15. The second-order valence-electron chi connectivity index (χ2n) is 6.18. The minimum absolute atomic E-state index is 0.00275. The molecule has 0 saturated carbocycles. The maximum absolute atomic E-state index is 11.6. The van der Waals surface area contributed by atoms with Crippen LogP contribution in [0.25, 0.3) is 0 Å². The normalized spacial score (nSPS) is 19.3. The molecule has 1 aliphatic rings. The van der Waals surface area contributed by atoms with Gasteiger partial charge in [0, 0.05) is 0 Å². The summed E-state index contributed by atoms with van der Waals surface area (Å²) in [6.45, 7) is 12.4. The van der Waals surface area contributed by atoms with E-state index in [0.717, 1.165) is 32.5 Å². The average molecular weight is 241 g/mol. The van der Waals surface area contributed by atoms with Crippen LogP contribution >= 0.6 is 0 Å². The number of hydrogen-bond donors (Lipinski definition) is 0. The van der Waals surface area contributed by atoms with Gasteiger partial charge in [0.2, 0.25) is 0 Å². The van der Waals surface area contributed by atoms with Gasteiger partial charge in [-0.1, -0.05) is 20.8 Å². The van der Waals surface area contributed by atoms with Gasteiger partial charge in [-0.15, -0.1) is 0 Å². The van der Waals surface area contributed by atoms with Crippen LogP contribution in [0.1, 0.15) is 47.0 Å². The van der Waals surface area contributed by atoms with E-state index in [9.17, 15) is 4.79 Å². The van der Waals surface area contributed by atoms with E-state index < -0.39 is 0 Å². The Bertz CT molecular complexity index is 237. The number of carbonyl (C=O) groups excluding carboxylic acids is 1. The fraction of sp³-hybridized carbons (Fsp3) is 0.929. The number of esters is 1. The third kappa shape index (κ3) is 5.53. The molecule has 1 heterocycles. The molecule has 100 valence electrons. The summed E-state index contributed by atoms with van der Waals surface area (Å²) >= 11 is 0. The monoisotopic (exact) mass is 241 g/mol. The lowest BCUT2D eigenvalue weighted by atomic mass is 9.91. The molecule has 1 rings (SSSR count). The summed E-state index contributed by atoms with van der Waals surface area (Å²) < 4.78 is 5.07. The van der Waals surface area contributed by atoms with Crippen molar-refractivity contribution >= 4 is 5.97 Å². The van der Waals surface area contributed by atoms with E-state index in [1.165, 1.54) is 6.42 Å². The largest absolute Gasteiger partial charge is 0.466 e. The van der Waals surface area contributed by atoms with E-state index in [2.05, 4.69) is 25.7 Å². The summed E-state index contributed by atoms with van der Waals surface area (Å²) in [6.07, 6.45) is 3.14. The van der Waals surface area contributed by atoms with Crippen LogP contribution < -0.4 is 0 Å². The molecule has 1 aliphatic heterocycles. The highest BCUT2D eigenvalue weighted by Crippen LogP contribution is 2.22. The van der Waals surface area contributed by atoms with Gasteiger partial charge in [0.05, 0.1) is 12.5 Å². The van der Waals surface area contributed by atoms with Crippen LogP contribution in [0.15, 0.2) is 0 Å². The van der Waals surface area contributed by atoms with Crippen LogP contribution in [0.5, 0.6) is 0 Å². The van der Waals surface area contributed by atoms with E-state index >= 15 is 0 Å². The molecule has 0 atom stereocenters. The maximum Gasteiger partial charge on any atom is 0.309 e. The van der Waals surface area contributed by atoms with Gasteiger partial charge in [-0.05, 0) is 51.2 Å².